The van der Waals surface area contributed by atoms with Gasteiger partial charge in [-0.25, -0.2) is 0 Å². The van der Waals surface area contributed by atoms with Gasteiger partial charge in [-0.2, -0.15) is 0 Å². The standard InChI is InChI=1S/C18H15Se.Cl6P/c1-4-10-16(11-5-1)19(17-12-6-2-7-13-17)18-14-8-3-9-15-18;1-7(2,3,4,5)6/h1-15H;/q+1;-1. The van der Waals surface area contributed by atoms with Crippen molar-refractivity contribution in [2.24, 2.45) is 0 Å². The zero-order valence-corrected chi connectivity index (χ0v) is 20.4. The molecule has 3 aromatic carbocycles. The van der Waals surface area contributed by atoms with Crippen LogP contribution in [0, 0.1) is 0 Å². The van der Waals surface area contributed by atoms with E-state index >= 15 is 0 Å². The van der Waals surface area contributed by atoms with Crippen LogP contribution in [-0.2, 0) is 0 Å². The van der Waals surface area contributed by atoms with Crippen molar-refractivity contribution < 1.29 is 0 Å². The number of hydrogen-bond acceptors (Lipinski definition) is 0. The van der Waals surface area contributed by atoms with Crippen LogP contribution in [0.15, 0.2) is 91.0 Å². The van der Waals surface area contributed by atoms with Crippen LogP contribution in [0.4, 0.5) is 0 Å². The molecule has 140 valence electrons. The first-order chi connectivity index (χ1) is 11.9. The molecule has 0 saturated carbocycles. The molecule has 0 aromatic heterocycles. The molecule has 0 aliphatic carbocycles. The predicted octanol–water partition coefficient (Wildman–Crippen LogP) is 7.20. The van der Waals surface area contributed by atoms with Crippen LogP contribution in [0.2, 0.25) is 0 Å². The van der Waals surface area contributed by atoms with Crippen molar-refractivity contribution in [2.45, 2.75) is 0 Å². The van der Waals surface area contributed by atoms with Crippen LogP contribution < -0.4 is 13.4 Å². The van der Waals surface area contributed by atoms with E-state index in [-0.39, 0.29) is 0 Å². The Morgan fingerprint density at radius 2 is 0.615 bits per heavy atom. The van der Waals surface area contributed by atoms with Crippen LogP contribution in [0.5, 0.6) is 0 Å². The van der Waals surface area contributed by atoms with Gasteiger partial charge in [-0.3, -0.25) is 0 Å². The van der Waals surface area contributed by atoms with E-state index < -0.39 is 16.0 Å². The molecule has 0 aliphatic rings. The summed E-state index contributed by atoms with van der Waals surface area (Å²) < 4.78 is -0.449. The second-order valence-corrected chi connectivity index (χ2v) is 34.4. The Balaban J connectivity index is 0.000000298. The van der Waals surface area contributed by atoms with Gasteiger partial charge in [0.05, 0.1) is 0 Å². The molecule has 0 radical (unpaired) electrons. The monoisotopic (exact) mass is 552 g/mol. The molecular weight excluding hydrogens is 539 g/mol. The first-order valence-electron chi connectivity index (χ1n) is 7.36. The van der Waals surface area contributed by atoms with Crippen molar-refractivity contribution in [2.75, 3.05) is 0 Å². The molecule has 3 rings (SSSR count). The van der Waals surface area contributed by atoms with Gasteiger partial charge in [0, 0.05) is 0 Å². The molecule has 0 heterocycles. The van der Waals surface area contributed by atoms with Gasteiger partial charge in [0.1, 0.15) is 0 Å². The topological polar surface area (TPSA) is 0 Å². The Labute approximate surface area is 186 Å². The van der Waals surface area contributed by atoms with Gasteiger partial charge >= 0.3 is 188 Å². The summed E-state index contributed by atoms with van der Waals surface area (Å²) in [5.41, 5.74) is 0. The van der Waals surface area contributed by atoms with E-state index in [1.54, 1.807) is 0 Å². The molecule has 0 aliphatic heterocycles. The summed E-state index contributed by atoms with van der Waals surface area (Å²) in [6.45, 7) is 0. The maximum absolute atomic E-state index is 5.00. The van der Waals surface area contributed by atoms with Crippen molar-refractivity contribution in [1.29, 1.82) is 0 Å². The Morgan fingerprint density at radius 1 is 0.423 bits per heavy atom. The van der Waals surface area contributed by atoms with E-state index in [2.05, 4.69) is 91.0 Å². The second kappa shape index (κ2) is 8.38. The van der Waals surface area contributed by atoms with Crippen LogP contribution in [0.25, 0.3) is 0 Å². The summed E-state index contributed by atoms with van der Waals surface area (Å²) in [5.74, 6) is 0. The first-order valence-corrected chi connectivity index (χ1v) is 18.0. The summed E-state index contributed by atoms with van der Waals surface area (Å²) in [6.07, 6.45) is 0. The predicted molar refractivity (Wildman–Crippen MR) is 126 cm³/mol. The molecule has 0 N–H and O–H groups in total. The first kappa shape index (κ1) is 22.6. The fraction of sp³-hybridized carbons (Fsp3) is 0. The van der Waals surface area contributed by atoms with Crippen LogP contribution in [0.1, 0.15) is 0 Å². The van der Waals surface area contributed by atoms with Gasteiger partial charge in [-0.15, -0.1) is 0 Å². The van der Waals surface area contributed by atoms with Gasteiger partial charge in [-0.1, -0.05) is 0 Å². The zero-order chi connectivity index (χ0) is 19.3. The minimum absolute atomic E-state index is 1.15. The van der Waals surface area contributed by atoms with E-state index in [9.17, 15) is 0 Å². The van der Waals surface area contributed by atoms with Crippen molar-refractivity contribution in [1.82, 2.24) is 0 Å². The van der Waals surface area contributed by atoms with E-state index in [0.717, 1.165) is 0 Å². The Kier molecular flexibility index (Phi) is 7.30. The molecule has 0 saturated heterocycles. The molecule has 0 nitrogen and oxygen atoms in total. The molecule has 0 atom stereocenters. The average Bonchev–Trinajstić information content (AvgIpc) is 2.55. The molecule has 0 unspecified atom stereocenters. The van der Waals surface area contributed by atoms with Crippen LogP contribution in [0.3, 0.4) is 0 Å². The molecule has 26 heavy (non-hydrogen) atoms. The van der Waals surface area contributed by atoms with E-state index in [4.69, 9.17) is 67.4 Å². The number of hydrogen-bond donors (Lipinski definition) is 0. The zero-order valence-electron chi connectivity index (χ0n) is 13.3. The SMILES string of the molecule is Cl[P-](Cl)(Cl)(Cl)(Cl)Cl.c1ccc([Se+](c2ccccc2)c2ccccc2)cc1. The van der Waals surface area contributed by atoms with Gasteiger partial charge < -0.3 is 0 Å². The molecule has 8 heteroatoms. The van der Waals surface area contributed by atoms with E-state index in [1.165, 1.54) is 13.4 Å². The Morgan fingerprint density at radius 3 is 0.808 bits per heavy atom. The van der Waals surface area contributed by atoms with Crippen molar-refractivity contribution in [3.8, 4) is 0 Å². The third-order valence-electron chi connectivity index (χ3n) is 2.94. The number of rotatable bonds is 3. The van der Waals surface area contributed by atoms with Crippen LogP contribution >= 0.6 is 69.5 Å². The molecule has 0 fully saturated rings. The normalized spacial score (nSPS) is 14.0. The van der Waals surface area contributed by atoms with Crippen molar-refractivity contribution in [3.63, 3.8) is 0 Å². The van der Waals surface area contributed by atoms with Gasteiger partial charge in [0.25, 0.3) is 0 Å². The fourth-order valence-electron chi connectivity index (χ4n) is 2.08. The molecule has 0 amide bonds. The molecule has 0 bridgehead atoms. The minimum atomic E-state index is -4.82. The average molecular weight is 554 g/mol. The van der Waals surface area contributed by atoms with Crippen LogP contribution in [-0.4, -0.2) is 13.9 Å². The number of halogens is 6. The summed E-state index contributed by atoms with van der Waals surface area (Å²) in [6, 6.07) is 32.6. The number of benzene rings is 3. The molecular formula is C18H15Cl6PSe. The van der Waals surface area contributed by atoms with Gasteiger partial charge in [-0.05, 0) is 0 Å². The summed E-state index contributed by atoms with van der Waals surface area (Å²) >= 11 is 28.9. The fourth-order valence-corrected chi connectivity index (χ4v) is 6.49. The molecule has 0 spiro atoms. The van der Waals surface area contributed by atoms with Gasteiger partial charge in [0.15, 0.2) is 0 Å². The third kappa shape index (κ3) is 10.0. The Hall–Kier alpha value is 0.349. The second-order valence-electron chi connectivity index (χ2n) is 5.20. The van der Waals surface area contributed by atoms with E-state index in [1.807, 2.05) is 0 Å². The maximum atomic E-state index is 5.00. The van der Waals surface area contributed by atoms with Crippen molar-refractivity contribution >= 4 is 96.8 Å². The summed E-state index contributed by atoms with van der Waals surface area (Å²) in [5, 5.41) is 0. The summed E-state index contributed by atoms with van der Waals surface area (Å²) in [4.78, 5) is 0. The van der Waals surface area contributed by atoms with Crippen molar-refractivity contribution in [3.05, 3.63) is 91.0 Å². The van der Waals surface area contributed by atoms with E-state index in [0.29, 0.717) is 0 Å². The third-order valence-corrected chi connectivity index (χ3v) is 7.62. The quantitative estimate of drug-likeness (QED) is 0.238. The van der Waals surface area contributed by atoms with Gasteiger partial charge in [0.2, 0.25) is 0 Å². The molecule has 3 aromatic rings. The summed E-state index contributed by atoms with van der Waals surface area (Å²) in [7, 11) is 0. The Bertz CT molecular complexity index is 716.